The van der Waals surface area contributed by atoms with Crippen molar-refractivity contribution in [2.24, 2.45) is 0 Å². The summed E-state index contributed by atoms with van der Waals surface area (Å²) >= 11 is 0. The van der Waals surface area contributed by atoms with Crippen LogP contribution in [0.15, 0.2) is 18.2 Å². The first-order chi connectivity index (χ1) is 10.00. The molecule has 1 aromatic rings. The summed E-state index contributed by atoms with van der Waals surface area (Å²) in [6.45, 7) is 9.79. The molecule has 1 N–H and O–H groups in total. The van der Waals surface area contributed by atoms with Gasteiger partial charge in [0.05, 0.1) is 7.11 Å². The van der Waals surface area contributed by atoms with Crippen molar-refractivity contribution in [2.45, 2.75) is 32.7 Å². The fraction of sp³-hybridized carbons (Fsp3) is 0.588. The molecule has 1 saturated heterocycles. The molecule has 1 aromatic carbocycles. The Hall–Kier alpha value is -1.39. The number of nitrogens with zero attached hydrogens (tertiary/aromatic N) is 1. The molecule has 0 saturated carbocycles. The predicted molar refractivity (Wildman–Crippen MR) is 84.3 cm³/mol. The number of methoxy groups -OCH3 is 1. The summed E-state index contributed by atoms with van der Waals surface area (Å²) < 4.78 is 5.13. The van der Waals surface area contributed by atoms with E-state index in [0.717, 1.165) is 38.2 Å². The molecule has 2 rings (SSSR count). The van der Waals surface area contributed by atoms with Crippen LogP contribution in [0.25, 0.3) is 0 Å². The second-order valence-electron chi connectivity index (χ2n) is 5.95. The van der Waals surface area contributed by atoms with Gasteiger partial charge in [0.25, 0.3) is 0 Å². The largest absolute Gasteiger partial charge is 0.467 e. The Morgan fingerprint density at radius 3 is 2.67 bits per heavy atom. The van der Waals surface area contributed by atoms with Gasteiger partial charge in [-0.05, 0) is 50.4 Å². The lowest BCUT2D eigenvalue weighted by Crippen LogP contribution is -2.51. The van der Waals surface area contributed by atoms with E-state index in [-0.39, 0.29) is 5.97 Å². The maximum absolute atomic E-state index is 12.6. The van der Waals surface area contributed by atoms with Crippen molar-refractivity contribution in [2.75, 3.05) is 33.3 Å². The van der Waals surface area contributed by atoms with E-state index >= 15 is 0 Å². The van der Waals surface area contributed by atoms with Crippen molar-refractivity contribution in [3.63, 3.8) is 0 Å². The highest BCUT2D eigenvalue weighted by Crippen LogP contribution is 2.31. The minimum Gasteiger partial charge on any atom is -0.467 e. The SMILES string of the molecule is COC(=O)C(C)(c1ccc(C)c(C)c1)N1CCCNCC1. The van der Waals surface area contributed by atoms with E-state index in [9.17, 15) is 4.79 Å². The third-order valence-corrected chi connectivity index (χ3v) is 4.62. The molecule has 1 unspecified atom stereocenters. The maximum atomic E-state index is 12.6. The number of benzene rings is 1. The number of carbonyl (C=O) groups is 1. The van der Waals surface area contributed by atoms with Crippen LogP contribution in [-0.4, -0.2) is 44.2 Å². The van der Waals surface area contributed by atoms with Crippen molar-refractivity contribution >= 4 is 5.97 Å². The molecular formula is C17H26N2O2. The molecule has 1 aliphatic rings. The van der Waals surface area contributed by atoms with Crippen molar-refractivity contribution in [3.8, 4) is 0 Å². The van der Waals surface area contributed by atoms with Crippen LogP contribution in [0.4, 0.5) is 0 Å². The molecule has 0 radical (unpaired) electrons. The van der Waals surface area contributed by atoms with Crippen molar-refractivity contribution in [3.05, 3.63) is 34.9 Å². The summed E-state index contributed by atoms with van der Waals surface area (Å²) in [6.07, 6.45) is 1.04. The first-order valence-corrected chi connectivity index (χ1v) is 7.62. The molecule has 0 bridgehead atoms. The molecule has 1 heterocycles. The summed E-state index contributed by atoms with van der Waals surface area (Å²) in [7, 11) is 1.47. The number of hydrogen-bond donors (Lipinski definition) is 1. The quantitative estimate of drug-likeness (QED) is 0.865. The Morgan fingerprint density at radius 2 is 2.00 bits per heavy atom. The smallest absolute Gasteiger partial charge is 0.330 e. The Balaban J connectivity index is 2.44. The van der Waals surface area contributed by atoms with Crippen LogP contribution >= 0.6 is 0 Å². The topological polar surface area (TPSA) is 41.6 Å². The lowest BCUT2D eigenvalue weighted by Gasteiger charge is -2.38. The number of ether oxygens (including phenoxy) is 1. The summed E-state index contributed by atoms with van der Waals surface area (Å²) in [5.74, 6) is -0.187. The number of rotatable bonds is 3. The predicted octanol–water partition coefficient (Wildman–Crippen LogP) is 1.99. The molecule has 21 heavy (non-hydrogen) atoms. The number of aryl methyl sites for hydroxylation is 2. The van der Waals surface area contributed by atoms with Crippen LogP contribution in [0.1, 0.15) is 30.0 Å². The lowest BCUT2D eigenvalue weighted by molar-refractivity contribution is -0.155. The van der Waals surface area contributed by atoms with Gasteiger partial charge in [0, 0.05) is 19.6 Å². The zero-order valence-electron chi connectivity index (χ0n) is 13.5. The Kier molecular flexibility index (Phi) is 5.01. The first kappa shape index (κ1) is 16.0. The van der Waals surface area contributed by atoms with Crippen molar-refractivity contribution in [1.82, 2.24) is 10.2 Å². The normalized spacial score (nSPS) is 19.6. The molecule has 0 aromatic heterocycles. The summed E-state index contributed by atoms with van der Waals surface area (Å²) in [5.41, 5.74) is 2.73. The molecule has 4 heteroatoms. The van der Waals surface area contributed by atoms with Crippen LogP contribution in [0.2, 0.25) is 0 Å². The third-order valence-electron chi connectivity index (χ3n) is 4.62. The molecule has 1 fully saturated rings. The molecule has 4 nitrogen and oxygen atoms in total. The van der Waals surface area contributed by atoms with Gasteiger partial charge in [0.2, 0.25) is 0 Å². The molecule has 1 atom stereocenters. The molecule has 1 aliphatic heterocycles. The zero-order chi connectivity index (χ0) is 15.5. The van der Waals surface area contributed by atoms with E-state index in [1.807, 2.05) is 6.92 Å². The second kappa shape index (κ2) is 6.58. The molecule has 0 spiro atoms. The van der Waals surface area contributed by atoms with Gasteiger partial charge in [0.15, 0.2) is 0 Å². The first-order valence-electron chi connectivity index (χ1n) is 7.62. The van der Waals surface area contributed by atoms with Gasteiger partial charge < -0.3 is 10.1 Å². The highest BCUT2D eigenvalue weighted by molar-refractivity contribution is 5.82. The third kappa shape index (κ3) is 3.11. The molecule has 116 valence electrons. The molecule has 0 amide bonds. The van der Waals surface area contributed by atoms with E-state index in [1.165, 1.54) is 18.2 Å². The maximum Gasteiger partial charge on any atom is 0.330 e. The fourth-order valence-corrected chi connectivity index (χ4v) is 2.97. The Morgan fingerprint density at radius 1 is 1.24 bits per heavy atom. The van der Waals surface area contributed by atoms with Gasteiger partial charge >= 0.3 is 5.97 Å². The molecular weight excluding hydrogens is 264 g/mol. The van der Waals surface area contributed by atoms with Crippen molar-refractivity contribution in [1.29, 1.82) is 0 Å². The van der Waals surface area contributed by atoms with Gasteiger partial charge in [-0.1, -0.05) is 18.2 Å². The van der Waals surface area contributed by atoms with Crippen LogP contribution < -0.4 is 5.32 Å². The van der Waals surface area contributed by atoms with Crippen LogP contribution in [0.5, 0.6) is 0 Å². The van der Waals surface area contributed by atoms with E-state index in [2.05, 4.69) is 42.3 Å². The van der Waals surface area contributed by atoms with Gasteiger partial charge in [0.1, 0.15) is 5.54 Å². The minimum absolute atomic E-state index is 0.187. The highest BCUT2D eigenvalue weighted by Gasteiger charge is 2.42. The fourth-order valence-electron chi connectivity index (χ4n) is 2.97. The summed E-state index contributed by atoms with van der Waals surface area (Å²) in [4.78, 5) is 14.8. The van der Waals surface area contributed by atoms with Crippen LogP contribution in [0.3, 0.4) is 0 Å². The van der Waals surface area contributed by atoms with Crippen LogP contribution in [0, 0.1) is 13.8 Å². The second-order valence-corrected chi connectivity index (χ2v) is 5.95. The van der Waals surface area contributed by atoms with E-state index in [1.54, 1.807) is 0 Å². The van der Waals surface area contributed by atoms with Gasteiger partial charge in [-0.3, -0.25) is 4.90 Å². The molecule has 0 aliphatic carbocycles. The summed E-state index contributed by atoms with van der Waals surface area (Å²) in [5, 5.41) is 3.38. The number of carbonyl (C=O) groups excluding carboxylic acids is 1. The van der Waals surface area contributed by atoms with Gasteiger partial charge in [-0.25, -0.2) is 4.79 Å². The number of nitrogens with one attached hydrogen (secondary N) is 1. The monoisotopic (exact) mass is 290 g/mol. The van der Waals surface area contributed by atoms with E-state index < -0.39 is 5.54 Å². The average Bonchev–Trinajstić information content (AvgIpc) is 2.77. The van der Waals surface area contributed by atoms with E-state index in [4.69, 9.17) is 4.74 Å². The summed E-state index contributed by atoms with van der Waals surface area (Å²) in [6, 6.07) is 6.25. The minimum atomic E-state index is -0.723. The lowest BCUT2D eigenvalue weighted by atomic mass is 9.87. The number of hydrogen-bond acceptors (Lipinski definition) is 4. The Bertz CT molecular complexity index is 508. The van der Waals surface area contributed by atoms with Crippen LogP contribution in [-0.2, 0) is 15.1 Å². The standard InChI is InChI=1S/C17H26N2O2/c1-13-6-7-15(12-14(13)2)17(3,16(20)21-4)19-10-5-8-18-9-11-19/h6-7,12,18H,5,8-11H2,1-4H3. The van der Waals surface area contributed by atoms with Gasteiger partial charge in [-0.15, -0.1) is 0 Å². The van der Waals surface area contributed by atoms with E-state index in [0.29, 0.717) is 0 Å². The van der Waals surface area contributed by atoms with Gasteiger partial charge in [-0.2, -0.15) is 0 Å². The highest BCUT2D eigenvalue weighted by atomic mass is 16.5. The zero-order valence-corrected chi connectivity index (χ0v) is 13.5. The average molecular weight is 290 g/mol. The number of esters is 1. The Labute approximate surface area is 127 Å². The van der Waals surface area contributed by atoms with Crippen molar-refractivity contribution < 1.29 is 9.53 Å².